The first-order valence-corrected chi connectivity index (χ1v) is 7.35. The van der Waals surface area contributed by atoms with Crippen molar-refractivity contribution in [3.05, 3.63) is 59.4 Å². The summed E-state index contributed by atoms with van der Waals surface area (Å²) in [5.41, 5.74) is 3.22. The molecule has 1 heterocycles. The summed E-state index contributed by atoms with van der Waals surface area (Å²) in [6.07, 6.45) is 1.69. The summed E-state index contributed by atoms with van der Waals surface area (Å²) >= 11 is 0. The lowest BCUT2D eigenvalue weighted by Crippen LogP contribution is -2.35. The largest absolute Gasteiger partial charge is 0.494 e. The number of anilines is 1. The number of benzene rings is 2. The second-order valence-corrected chi connectivity index (χ2v) is 5.73. The molecule has 2 aromatic rings. The third-order valence-corrected chi connectivity index (χ3v) is 4.29. The molecule has 2 aromatic carbocycles. The smallest absolute Gasteiger partial charge is 0.168 e. The molecular weight excluding hydrogens is 265 g/mol. The third-order valence-electron chi connectivity index (χ3n) is 4.29. The number of para-hydroxylation sites is 1. The van der Waals surface area contributed by atoms with E-state index < -0.39 is 0 Å². The van der Waals surface area contributed by atoms with Crippen LogP contribution in [-0.4, -0.2) is 13.2 Å². The number of fused-ring (bicyclic) bond motifs is 1. The van der Waals surface area contributed by atoms with E-state index in [4.69, 9.17) is 4.74 Å². The molecule has 0 bridgehead atoms. The number of hydrogen-bond donors (Lipinski definition) is 1. The van der Waals surface area contributed by atoms with Crippen molar-refractivity contribution in [1.82, 2.24) is 0 Å². The summed E-state index contributed by atoms with van der Waals surface area (Å²) in [5, 5.41) is 3.55. The Bertz CT molecular complexity index is 641. The first-order valence-electron chi connectivity index (χ1n) is 7.35. The van der Waals surface area contributed by atoms with Crippen LogP contribution in [0.15, 0.2) is 42.5 Å². The molecule has 0 radical (unpaired) electrons. The van der Waals surface area contributed by atoms with Gasteiger partial charge < -0.3 is 10.1 Å². The molecule has 0 saturated carbocycles. The van der Waals surface area contributed by atoms with E-state index in [1.165, 1.54) is 18.4 Å². The second-order valence-electron chi connectivity index (χ2n) is 5.73. The zero-order valence-corrected chi connectivity index (χ0v) is 12.4. The van der Waals surface area contributed by atoms with Gasteiger partial charge in [-0.1, -0.05) is 37.3 Å². The SMILES string of the molecule is COc1cccc(CC2Nc3ccccc3CC2C)c1F. The first kappa shape index (κ1) is 13.9. The molecule has 1 aliphatic rings. The van der Waals surface area contributed by atoms with Crippen molar-refractivity contribution >= 4 is 5.69 Å². The molecule has 21 heavy (non-hydrogen) atoms. The fourth-order valence-electron chi connectivity index (χ4n) is 3.03. The Morgan fingerprint density at radius 1 is 1.19 bits per heavy atom. The van der Waals surface area contributed by atoms with Gasteiger partial charge in [0.05, 0.1) is 7.11 Å². The third kappa shape index (κ3) is 2.73. The maximum atomic E-state index is 14.3. The van der Waals surface area contributed by atoms with E-state index in [0.717, 1.165) is 6.42 Å². The minimum atomic E-state index is -0.243. The van der Waals surface area contributed by atoms with Gasteiger partial charge in [0.2, 0.25) is 0 Å². The Kier molecular flexibility index (Phi) is 3.82. The van der Waals surface area contributed by atoms with E-state index >= 15 is 0 Å². The van der Waals surface area contributed by atoms with Gasteiger partial charge in [0.1, 0.15) is 0 Å². The highest BCUT2D eigenvalue weighted by Gasteiger charge is 2.25. The van der Waals surface area contributed by atoms with Crippen LogP contribution >= 0.6 is 0 Å². The van der Waals surface area contributed by atoms with Crippen LogP contribution in [0.3, 0.4) is 0 Å². The average molecular weight is 285 g/mol. The monoisotopic (exact) mass is 285 g/mol. The molecule has 0 aliphatic carbocycles. The molecule has 1 N–H and O–H groups in total. The van der Waals surface area contributed by atoms with Gasteiger partial charge in [0, 0.05) is 11.7 Å². The number of rotatable bonds is 3. The molecule has 2 atom stereocenters. The molecule has 2 unspecified atom stereocenters. The van der Waals surface area contributed by atoms with E-state index in [-0.39, 0.29) is 11.9 Å². The van der Waals surface area contributed by atoms with Gasteiger partial charge in [-0.05, 0) is 42.0 Å². The van der Waals surface area contributed by atoms with Crippen molar-refractivity contribution in [2.45, 2.75) is 25.8 Å². The highest BCUT2D eigenvalue weighted by Crippen LogP contribution is 2.31. The highest BCUT2D eigenvalue weighted by molar-refractivity contribution is 5.54. The van der Waals surface area contributed by atoms with Gasteiger partial charge in [-0.2, -0.15) is 0 Å². The van der Waals surface area contributed by atoms with Crippen LogP contribution in [0.4, 0.5) is 10.1 Å². The fourth-order valence-corrected chi connectivity index (χ4v) is 3.03. The number of methoxy groups -OCH3 is 1. The topological polar surface area (TPSA) is 21.3 Å². The zero-order chi connectivity index (χ0) is 14.8. The predicted molar refractivity (Wildman–Crippen MR) is 83.4 cm³/mol. The maximum absolute atomic E-state index is 14.3. The number of ether oxygens (including phenoxy) is 1. The molecule has 3 rings (SSSR count). The average Bonchev–Trinajstić information content (AvgIpc) is 2.50. The minimum absolute atomic E-state index is 0.238. The van der Waals surface area contributed by atoms with E-state index in [0.29, 0.717) is 23.7 Å². The normalized spacial score (nSPS) is 20.5. The van der Waals surface area contributed by atoms with Gasteiger partial charge in [-0.3, -0.25) is 0 Å². The maximum Gasteiger partial charge on any atom is 0.168 e. The second kappa shape index (κ2) is 5.76. The Morgan fingerprint density at radius 2 is 2.00 bits per heavy atom. The lowest BCUT2D eigenvalue weighted by molar-refractivity contribution is 0.381. The number of nitrogens with one attached hydrogen (secondary N) is 1. The van der Waals surface area contributed by atoms with Crippen LogP contribution in [0.1, 0.15) is 18.1 Å². The van der Waals surface area contributed by atoms with Crippen molar-refractivity contribution < 1.29 is 9.13 Å². The van der Waals surface area contributed by atoms with Crippen molar-refractivity contribution in [1.29, 1.82) is 0 Å². The van der Waals surface area contributed by atoms with Gasteiger partial charge in [-0.25, -0.2) is 4.39 Å². The van der Waals surface area contributed by atoms with Crippen LogP contribution in [0.2, 0.25) is 0 Å². The van der Waals surface area contributed by atoms with Crippen molar-refractivity contribution in [2.75, 3.05) is 12.4 Å². The van der Waals surface area contributed by atoms with Crippen molar-refractivity contribution in [2.24, 2.45) is 5.92 Å². The van der Waals surface area contributed by atoms with E-state index in [9.17, 15) is 4.39 Å². The summed E-state index contributed by atoms with van der Waals surface area (Å²) in [4.78, 5) is 0. The molecule has 0 fully saturated rings. The molecule has 0 aromatic heterocycles. The van der Waals surface area contributed by atoms with E-state index in [2.05, 4.69) is 30.4 Å². The predicted octanol–water partition coefficient (Wildman–Crippen LogP) is 4.05. The standard InChI is InChI=1S/C18H20FNO/c1-12-10-13-6-3-4-8-15(13)20-16(12)11-14-7-5-9-17(21-2)18(14)19/h3-9,12,16,20H,10-11H2,1-2H3. The lowest BCUT2D eigenvalue weighted by atomic mass is 9.85. The van der Waals surface area contributed by atoms with Crippen molar-refractivity contribution in [3.63, 3.8) is 0 Å². The Morgan fingerprint density at radius 3 is 2.81 bits per heavy atom. The number of hydrogen-bond acceptors (Lipinski definition) is 2. The molecule has 0 amide bonds. The molecule has 2 nitrogen and oxygen atoms in total. The summed E-state index contributed by atoms with van der Waals surface area (Å²) in [6.45, 7) is 2.21. The highest BCUT2D eigenvalue weighted by atomic mass is 19.1. The molecule has 0 saturated heterocycles. The van der Waals surface area contributed by atoms with Gasteiger partial charge in [0.25, 0.3) is 0 Å². The first-order chi connectivity index (χ1) is 10.2. The minimum Gasteiger partial charge on any atom is -0.494 e. The van der Waals surface area contributed by atoms with Crippen molar-refractivity contribution in [3.8, 4) is 5.75 Å². The Labute approximate surface area is 125 Å². The van der Waals surface area contributed by atoms with Gasteiger partial charge in [0.15, 0.2) is 11.6 Å². The quantitative estimate of drug-likeness (QED) is 0.918. The van der Waals surface area contributed by atoms with Gasteiger partial charge >= 0.3 is 0 Å². The van der Waals surface area contributed by atoms with Crippen LogP contribution in [0, 0.1) is 11.7 Å². The van der Waals surface area contributed by atoms with Crippen LogP contribution in [0.5, 0.6) is 5.75 Å². The van der Waals surface area contributed by atoms with Crippen LogP contribution in [-0.2, 0) is 12.8 Å². The summed E-state index contributed by atoms with van der Waals surface area (Å²) in [7, 11) is 1.50. The summed E-state index contributed by atoms with van der Waals surface area (Å²) in [5.74, 6) is 0.537. The summed E-state index contributed by atoms with van der Waals surface area (Å²) in [6, 6.07) is 13.9. The lowest BCUT2D eigenvalue weighted by Gasteiger charge is -2.33. The number of halogens is 1. The van der Waals surface area contributed by atoms with E-state index in [1.54, 1.807) is 6.07 Å². The fraction of sp³-hybridized carbons (Fsp3) is 0.333. The van der Waals surface area contributed by atoms with Crippen LogP contribution < -0.4 is 10.1 Å². The summed E-state index contributed by atoms with van der Waals surface area (Å²) < 4.78 is 19.4. The van der Waals surface area contributed by atoms with E-state index in [1.807, 2.05) is 18.2 Å². The van der Waals surface area contributed by atoms with Gasteiger partial charge in [-0.15, -0.1) is 0 Å². The zero-order valence-electron chi connectivity index (χ0n) is 12.4. The molecule has 3 heteroatoms. The Balaban J connectivity index is 1.83. The van der Waals surface area contributed by atoms with Crippen LogP contribution in [0.25, 0.3) is 0 Å². The molecular formula is C18H20FNO. The Hall–Kier alpha value is -2.03. The molecule has 110 valence electrons. The molecule has 1 aliphatic heterocycles. The molecule has 0 spiro atoms.